The Morgan fingerprint density at radius 1 is 1.52 bits per heavy atom. The number of carbonyl (C=O) groups excluding carboxylic acids is 1. The molecule has 23 heavy (non-hydrogen) atoms. The highest BCUT2D eigenvalue weighted by Crippen LogP contribution is 2.29. The van der Waals surface area contributed by atoms with E-state index in [9.17, 15) is 4.79 Å². The molecule has 5 nitrogen and oxygen atoms in total. The maximum atomic E-state index is 12.1. The van der Waals surface area contributed by atoms with Crippen LogP contribution in [0.15, 0.2) is 24.3 Å². The summed E-state index contributed by atoms with van der Waals surface area (Å²) in [5.41, 5.74) is 7.97. The first-order chi connectivity index (χ1) is 10.6. The molecule has 1 atom stereocenters. The zero-order valence-corrected chi connectivity index (χ0v) is 14.5. The molecule has 1 amide bonds. The monoisotopic (exact) mass is 353 g/mol. The third kappa shape index (κ3) is 4.43. The molecule has 1 heterocycles. The average molecular weight is 354 g/mol. The van der Waals surface area contributed by atoms with Gasteiger partial charge >= 0.3 is 0 Å². The molecule has 1 aromatic carbocycles. The van der Waals surface area contributed by atoms with Gasteiger partial charge in [-0.3, -0.25) is 4.79 Å². The molecular weight excluding hydrogens is 334 g/mol. The summed E-state index contributed by atoms with van der Waals surface area (Å²) in [7, 11) is 1.62. The van der Waals surface area contributed by atoms with Crippen molar-refractivity contribution in [2.75, 3.05) is 12.4 Å². The molecule has 7 heteroatoms. The lowest BCUT2D eigenvalue weighted by Gasteiger charge is -2.15. The molecule has 0 bridgehead atoms. The number of amides is 1. The Labute approximate surface area is 145 Å². The van der Waals surface area contributed by atoms with Crippen molar-refractivity contribution >= 4 is 34.8 Å². The lowest BCUT2D eigenvalue weighted by molar-refractivity contribution is -0.115. The van der Waals surface area contributed by atoms with Crippen LogP contribution < -0.4 is 15.8 Å². The van der Waals surface area contributed by atoms with Gasteiger partial charge in [-0.1, -0.05) is 12.1 Å². The zero-order chi connectivity index (χ0) is 15.5. The van der Waals surface area contributed by atoms with Crippen LogP contribution in [0.2, 0.25) is 0 Å². The fourth-order valence-corrected chi connectivity index (χ4v) is 3.70. The highest BCUT2D eigenvalue weighted by Gasteiger charge is 2.20. The molecule has 124 valence electrons. The summed E-state index contributed by atoms with van der Waals surface area (Å²) in [4.78, 5) is 17.9. The van der Waals surface area contributed by atoms with Gasteiger partial charge < -0.3 is 15.8 Å². The molecule has 0 unspecified atom stereocenters. The molecule has 1 aliphatic carbocycles. The topological polar surface area (TPSA) is 77.2 Å². The quantitative estimate of drug-likeness (QED) is 0.885. The van der Waals surface area contributed by atoms with Crippen molar-refractivity contribution in [3.05, 3.63) is 40.4 Å². The number of halogens is 1. The van der Waals surface area contributed by atoms with E-state index in [0.717, 1.165) is 36.3 Å². The Bertz CT molecular complexity index is 690. The van der Waals surface area contributed by atoms with Crippen LogP contribution in [-0.2, 0) is 24.1 Å². The number of aromatic nitrogens is 1. The smallest absolute Gasteiger partial charge is 0.230 e. The standard InChI is InChI=1S/C16H19N3O2S.ClH/c1-21-12-4-2-3-10(7-12)8-15(20)19-16-18-13-6-5-11(17)9-14(13)22-16;/h2-4,7,11H,5-6,8-9,17H2,1H3,(H,18,19,20);1H/t11-;/m0./s1. The lowest BCUT2D eigenvalue weighted by atomic mass is 9.99. The third-order valence-electron chi connectivity index (χ3n) is 3.72. The minimum absolute atomic E-state index is 0. The van der Waals surface area contributed by atoms with E-state index >= 15 is 0 Å². The van der Waals surface area contributed by atoms with Crippen LogP contribution in [0.3, 0.4) is 0 Å². The van der Waals surface area contributed by atoms with Crippen LogP contribution in [0.4, 0.5) is 5.13 Å². The van der Waals surface area contributed by atoms with Crippen molar-refractivity contribution < 1.29 is 9.53 Å². The molecule has 0 fully saturated rings. The van der Waals surface area contributed by atoms with Gasteiger partial charge in [-0.25, -0.2) is 4.98 Å². The van der Waals surface area contributed by atoms with Crippen LogP contribution >= 0.6 is 23.7 Å². The first-order valence-corrected chi connectivity index (χ1v) is 8.12. The number of carbonyl (C=O) groups is 1. The van der Waals surface area contributed by atoms with Crippen molar-refractivity contribution in [1.29, 1.82) is 0 Å². The van der Waals surface area contributed by atoms with E-state index in [1.807, 2.05) is 24.3 Å². The molecule has 0 spiro atoms. The van der Waals surface area contributed by atoms with Gasteiger partial charge in [0.05, 0.1) is 19.2 Å². The minimum Gasteiger partial charge on any atom is -0.497 e. The highest BCUT2D eigenvalue weighted by molar-refractivity contribution is 7.15. The van der Waals surface area contributed by atoms with Crippen molar-refractivity contribution in [2.45, 2.75) is 31.7 Å². The lowest BCUT2D eigenvalue weighted by Crippen LogP contribution is -2.27. The van der Waals surface area contributed by atoms with Gasteiger partial charge in [0.1, 0.15) is 5.75 Å². The second kappa shape index (κ2) is 7.77. The van der Waals surface area contributed by atoms with Crippen molar-refractivity contribution in [3.63, 3.8) is 0 Å². The van der Waals surface area contributed by atoms with Gasteiger partial charge in [-0.05, 0) is 37.0 Å². The van der Waals surface area contributed by atoms with E-state index in [1.165, 1.54) is 16.2 Å². The first-order valence-electron chi connectivity index (χ1n) is 7.31. The van der Waals surface area contributed by atoms with Gasteiger partial charge in [0, 0.05) is 10.9 Å². The normalized spacial score (nSPS) is 16.2. The SMILES string of the molecule is COc1cccc(CC(=O)Nc2nc3c(s2)C[C@@H](N)CC3)c1.Cl. The number of fused-ring (bicyclic) bond motifs is 1. The maximum Gasteiger partial charge on any atom is 0.230 e. The fourth-order valence-electron chi connectivity index (χ4n) is 2.59. The van der Waals surface area contributed by atoms with Crippen molar-refractivity contribution in [2.24, 2.45) is 5.73 Å². The number of anilines is 1. The molecule has 0 aliphatic heterocycles. The predicted octanol–water partition coefficient (Wildman–Crippen LogP) is 2.57. The molecule has 1 aromatic heterocycles. The highest BCUT2D eigenvalue weighted by atomic mass is 35.5. The van der Waals surface area contributed by atoms with E-state index in [-0.39, 0.29) is 24.4 Å². The number of hydrogen-bond acceptors (Lipinski definition) is 5. The van der Waals surface area contributed by atoms with Crippen molar-refractivity contribution in [1.82, 2.24) is 4.98 Å². The van der Waals surface area contributed by atoms with Gasteiger partial charge in [-0.15, -0.1) is 23.7 Å². The zero-order valence-electron chi connectivity index (χ0n) is 12.9. The number of nitrogens with one attached hydrogen (secondary N) is 1. The first kappa shape index (κ1) is 17.7. The summed E-state index contributed by atoms with van der Waals surface area (Å²) < 4.78 is 5.17. The second-order valence-electron chi connectivity index (χ2n) is 5.47. The number of methoxy groups -OCH3 is 1. The number of thiazole rings is 1. The Hall–Kier alpha value is -1.63. The Kier molecular flexibility index (Phi) is 5.98. The van der Waals surface area contributed by atoms with Crippen LogP contribution in [0.25, 0.3) is 0 Å². The molecule has 2 aromatic rings. The van der Waals surface area contributed by atoms with Crippen molar-refractivity contribution in [3.8, 4) is 5.75 Å². The van der Waals surface area contributed by atoms with E-state index in [1.54, 1.807) is 7.11 Å². The Balaban J connectivity index is 0.00000192. The molecule has 0 saturated heterocycles. The second-order valence-corrected chi connectivity index (χ2v) is 6.55. The molecular formula is C16H20ClN3O2S. The number of nitrogens with zero attached hydrogens (tertiary/aromatic N) is 1. The van der Waals surface area contributed by atoms with E-state index in [2.05, 4.69) is 10.3 Å². The molecule has 0 saturated carbocycles. The summed E-state index contributed by atoms with van der Waals surface area (Å²) in [6.45, 7) is 0. The summed E-state index contributed by atoms with van der Waals surface area (Å²) in [6, 6.07) is 7.73. The largest absolute Gasteiger partial charge is 0.497 e. The molecule has 3 rings (SSSR count). The van der Waals surface area contributed by atoms with E-state index in [0.29, 0.717) is 11.6 Å². The summed E-state index contributed by atoms with van der Waals surface area (Å²) in [6.07, 6.45) is 3.03. The molecule has 0 radical (unpaired) electrons. The number of hydrogen-bond donors (Lipinski definition) is 2. The van der Waals surface area contributed by atoms with E-state index in [4.69, 9.17) is 10.5 Å². The van der Waals surface area contributed by atoms with Crippen LogP contribution in [-0.4, -0.2) is 24.0 Å². The minimum atomic E-state index is -0.0661. The summed E-state index contributed by atoms with van der Waals surface area (Å²) in [5, 5.41) is 3.56. The fraction of sp³-hybridized carbons (Fsp3) is 0.375. The molecule has 1 aliphatic rings. The summed E-state index contributed by atoms with van der Waals surface area (Å²) in [5.74, 6) is 0.688. The number of rotatable bonds is 4. The Morgan fingerprint density at radius 3 is 3.13 bits per heavy atom. The average Bonchev–Trinajstić information content (AvgIpc) is 2.88. The van der Waals surface area contributed by atoms with Crippen LogP contribution in [0, 0.1) is 0 Å². The number of benzene rings is 1. The van der Waals surface area contributed by atoms with Gasteiger partial charge in [-0.2, -0.15) is 0 Å². The summed E-state index contributed by atoms with van der Waals surface area (Å²) >= 11 is 1.54. The number of ether oxygens (including phenoxy) is 1. The maximum absolute atomic E-state index is 12.1. The van der Waals surface area contributed by atoms with Crippen LogP contribution in [0.5, 0.6) is 5.75 Å². The number of nitrogens with two attached hydrogens (primary N) is 1. The van der Waals surface area contributed by atoms with Gasteiger partial charge in [0.25, 0.3) is 0 Å². The van der Waals surface area contributed by atoms with Gasteiger partial charge in [0.2, 0.25) is 5.91 Å². The number of aryl methyl sites for hydroxylation is 1. The van der Waals surface area contributed by atoms with Gasteiger partial charge in [0.15, 0.2) is 5.13 Å². The molecule has 3 N–H and O–H groups in total. The van der Waals surface area contributed by atoms with E-state index < -0.39 is 0 Å². The third-order valence-corrected chi connectivity index (χ3v) is 4.76. The Morgan fingerprint density at radius 2 is 2.35 bits per heavy atom. The van der Waals surface area contributed by atoms with Crippen LogP contribution in [0.1, 0.15) is 22.6 Å². The predicted molar refractivity (Wildman–Crippen MR) is 94.7 cm³/mol.